The van der Waals surface area contributed by atoms with Crippen molar-refractivity contribution in [2.45, 2.75) is 25.3 Å². The van der Waals surface area contributed by atoms with Crippen LogP contribution in [-0.2, 0) is 6.42 Å². The van der Waals surface area contributed by atoms with Gasteiger partial charge in [0.1, 0.15) is 17.8 Å². The van der Waals surface area contributed by atoms with E-state index in [9.17, 15) is 4.79 Å². The van der Waals surface area contributed by atoms with Crippen molar-refractivity contribution < 1.29 is 4.79 Å². The number of benzene rings is 1. The van der Waals surface area contributed by atoms with Crippen molar-refractivity contribution in [3.8, 4) is 0 Å². The average molecular weight is 282 g/mol. The van der Waals surface area contributed by atoms with Crippen LogP contribution in [0, 0.1) is 0 Å². The van der Waals surface area contributed by atoms with Gasteiger partial charge in [0.05, 0.1) is 0 Å². The zero-order valence-corrected chi connectivity index (χ0v) is 11.7. The standard InChI is InChI=1S/C16H18N4O/c21-16(17-9-8-12-4-2-1-3-5-12)14-10-15(19-11-18-14)20-13-6-7-13/h1-5,10-11,13H,6-9H2,(H,17,21)(H,18,19,20). The van der Waals surface area contributed by atoms with Crippen molar-refractivity contribution in [3.05, 3.63) is 54.0 Å². The van der Waals surface area contributed by atoms with Crippen LogP contribution in [0.2, 0.25) is 0 Å². The minimum atomic E-state index is -0.160. The van der Waals surface area contributed by atoms with Crippen molar-refractivity contribution in [2.75, 3.05) is 11.9 Å². The van der Waals surface area contributed by atoms with Gasteiger partial charge in [0.25, 0.3) is 5.91 Å². The first-order chi connectivity index (χ1) is 10.3. The van der Waals surface area contributed by atoms with Gasteiger partial charge in [-0.2, -0.15) is 0 Å². The Balaban J connectivity index is 1.52. The van der Waals surface area contributed by atoms with Gasteiger partial charge in [-0.05, 0) is 24.8 Å². The summed E-state index contributed by atoms with van der Waals surface area (Å²) in [5, 5.41) is 6.15. The minimum Gasteiger partial charge on any atom is -0.367 e. The van der Waals surface area contributed by atoms with Gasteiger partial charge in [-0.15, -0.1) is 0 Å². The summed E-state index contributed by atoms with van der Waals surface area (Å²) in [6.45, 7) is 0.595. The molecule has 1 aliphatic carbocycles. The predicted octanol–water partition coefficient (Wildman–Crippen LogP) is 2.02. The second-order valence-electron chi connectivity index (χ2n) is 5.20. The van der Waals surface area contributed by atoms with E-state index < -0.39 is 0 Å². The molecule has 0 spiro atoms. The molecule has 1 amide bonds. The van der Waals surface area contributed by atoms with Crippen molar-refractivity contribution in [1.29, 1.82) is 0 Å². The minimum absolute atomic E-state index is 0.160. The smallest absolute Gasteiger partial charge is 0.270 e. The third-order valence-electron chi connectivity index (χ3n) is 3.37. The summed E-state index contributed by atoms with van der Waals surface area (Å²) in [6.07, 6.45) is 4.58. The Hall–Kier alpha value is -2.43. The molecular formula is C16H18N4O. The highest BCUT2D eigenvalue weighted by molar-refractivity contribution is 5.92. The zero-order chi connectivity index (χ0) is 14.5. The van der Waals surface area contributed by atoms with E-state index in [2.05, 4.69) is 32.7 Å². The van der Waals surface area contributed by atoms with Crippen LogP contribution < -0.4 is 10.6 Å². The molecule has 1 saturated carbocycles. The normalized spacial score (nSPS) is 13.7. The molecule has 0 atom stereocenters. The number of amides is 1. The molecular weight excluding hydrogens is 264 g/mol. The summed E-state index contributed by atoms with van der Waals surface area (Å²) >= 11 is 0. The molecule has 0 bridgehead atoms. The molecule has 2 N–H and O–H groups in total. The fourth-order valence-corrected chi connectivity index (χ4v) is 2.05. The lowest BCUT2D eigenvalue weighted by molar-refractivity contribution is 0.0949. The zero-order valence-electron chi connectivity index (χ0n) is 11.7. The number of hydrogen-bond donors (Lipinski definition) is 2. The van der Waals surface area contributed by atoms with Gasteiger partial charge in [0.2, 0.25) is 0 Å². The Morgan fingerprint density at radius 3 is 2.76 bits per heavy atom. The summed E-state index contributed by atoms with van der Waals surface area (Å²) < 4.78 is 0. The van der Waals surface area contributed by atoms with Crippen LogP contribution in [0.15, 0.2) is 42.7 Å². The second-order valence-corrected chi connectivity index (χ2v) is 5.20. The monoisotopic (exact) mass is 282 g/mol. The van der Waals surface area contributed by atoms with Crippen LogP contribution >= 0.6 is 0 Å². The Labute approximate surface area is 123 Å². The van der Waals surface area contributed by atoms with E-state index in [0.29, 0.717) is 18.3 Å². The Bertz CT molecular complexity index is 611. The SMILES string of the molecule is O=C(NCCc1ccccc1)c1cc(NC2CC2)ncn1. The highest BCUT2D eigenvalue weighted by atomic mass is 16.1. The van der Waals surface area contributed by atoms with Gasteiger partial charge in [0.15, 0.2) is 0 Å². The molecule has 0 radical (unpaired) electrons. The Kier molecular flexibility index (Phi) is 4.09. The van der Waals surface area contributed by atoms with Gasteiger partial charge < -0.3 is 10.6 Å². The number of nitrogens with zero attached hydrogens (tertiary/aromatic N) is 2. The van der Waals surface area contributed by atoms with Crippen LogP contribution in [0.25, 0.3) is 0 Å². The number of carbonyl (C=O) groups excluding carboxylic acids is 1. The molecule has 0 saturated heterocycles. The van der Waals surface area contributed by atoms with Gasteiger partial charge in [-0.1, -0.05) is 30.3 Å². The Morgan fingerprint density at radius 2 is 2.00 bits per heavy atom. The van der Waals surface area contributed by atoms with Gasteiger partial charge in [0, 0.05) is 18.7 Å². The number of anilines is 1. The first kappa shape index (κ1) is 13.5. The average Bonchev–Trinajstić information content (AvgIpc) is 3.32. The lowest BCUT2D eigenvalue weighted by atomic mass is 10.1. The summed E-state index contributed by atoms with van der Waals surface area (Å²) in [6, 6.07) is 12.3. The molecule has 1 heterocycles. The largest absolute Gasteiger partial charge is 0.367 e. The van der Waals surface area contributed by atoms with Crippen LogP contribution in [-0.4, -0.2) is 28.5 Å². The molecule has 5 nitrogen and oxygen atoms in total. The van der Waals surface area contributed by atoms with Gasteiger partial charge in [-0.25, -0.2) is 9.97 Å². The van der Waals surface area contributed by atoms with Crippen molar-refractivity contribution in [3.63, 3.8) is 0 Å². The maximum atomic E-state index is 12.1. The lowest BCUT2D eigenvalue weighted by Gasteiger charge is -2.07. The third kappa shape index (κ3) is 4.02. The molecule has 2 aromatic rings. The fourth-order valence-electron chi connectivity index (χ4n) is 2.05. The number of aromatic nitrogens is 2. The summed E-state index contributed by atoms with van der Waals surface area (Å²) in [5.74, 6) is 0.563. The molecule has 21 heavy (non-hydrogen) atoms. The fraction of sp³-hybridized carbons (Fsp3) is 0.312. The second kappa shape index (κ2) is 6.35. The lowest BCUT2D eigenvalue weighted by Crippen LogP contribution is -2.26. The molecule has 108 valence electrons. The van der Waals surface area contributed by atoms with E-state index >= 15 is 0 Å². The quantitative estimate of drug-likeness (QED) is 0.850. The summed E-state index contributed by atoms with van der Waals surface area (Å²) in [4.78, 5) is 20.2. The number of carbonyl (C=O) groups is 1. The third-order valence-corrected chi connectivity index (χ3v) is 3.37. The summed E-state index contributed by atoms with van der Waals surface area (Å²) in [7, 11) is 0. The molecule has 5 heteroatoms. The maximum Gasteiger partial charge on any atom is 0.270 e. The molecule has 0 unspecified atom stereocenters. The molecule has 3 rings (SSSR count). The predicted molar refractivity (Wildman–Crippen MR) is 81.2 cm³/mol. The van der Waals surface area contributed by atoms with E-state index in [4.69, 9.17) is 0 Å². The highest BCUT2D eigenvalue weighted by Crippen LogP contribution is 2.23. The van der Waals surface area contributed by atoms with E-state index in [0.717, 1.165) is 12.2 Å². The number of nitrogens with one attached hydrogen (secondary N) is 2. The molecule has 1 aromatic carbocycles. The van der Waals surface area contributed by atoms with E-state index in [-0.39, 0.29) is 5.91 Å². The van der Waals surface area contributed by atoms with Gasteiger partial charge >= 0.3 is 0 Å². The highest BCUT2D eigenvalue weighted by Gasteiger charge is 2.21. The topological polar surface area (TPSA) is 66.9 Å². The van der Waals surface area contributed by atoms with Gasteiger partial charge in [-0.3, -0.25) is 4.79 Å². The van der Waals surface area contributed by atoms with Crippen LogP contribution in [0.4, 0.5) is 5.82 Å². The van der Waals surface area contributed by atoms with Crippen LogP contribution in [0.3, 0.4) is 0 Å². The summed E-state index contributed by atoms with van der Waals surface area (Å²) in [5.41, 5.74) is 1.61. The van der Waals surface area contributed by atoms with Crippen molar-refractivity contribution in [2.24, 2.45) is 0 Å². The maximum absolute atomic E-state index is 12.1. The van der Waals surface area contributed by atoms with Crippen LogP contribution in [0.1, 0.15) is 28.9 Å². The van der Waals surface area contributed by atoms with E-state index in [1.54, 1.807) is 6.07 Å². The molecule has 1 aromatic heterocycles. The first-order valence-corrected chi connectivity index (χ1v) is 7.22. The van der Waals surface area contributed by atoms with E-state index in [1.807, 2.05) is 18.2 Å². The van der Waals surface area contributed by atoms with Crippen molar-refractivity contribution in [1.82, 2.24) is 15.3 Å². The molecule has 1 aliphatic rings. The van der Waals surface area contributed by atoms with Crippen molar-refractivity contribution >= 4 is 11.7 Å². The molecule has 1 fully saturated rings. The number of rotatable bonds is 6. The Morgan fingerprint density at radius 1 is 1.19 bits per heavy atom. The first-order valence-electron chi connectivity index (χ1n) is 7.22. The van der Waals surface area contributed by atoms with Crippen LogP contribution in [0.5, 0.6) is 0 Å². The molecule has 0 aliphatic heterocycles. The van der Waals surface area contributed by atoms with E-state index in [1.165, 1.54) is 24.7 Å². The number of hydrogen-bond acceptors (Lipinski definition) is 4.